The maximum absolute atomic E-state index is 5.38. The number of hydrogen-bond donors (Lipinski definition) is 2. The van der Waals surface area contributed by atoms with Crippen LogP contribution in [-0.4, -0.2) is 48.4 Å². The largest absolute Gasteiger partial charge is 0.493 e. The van der Waals surface area contributed by atoms with Gasteiger partial charge in [-0.15, -0.1) is 0 Å². The van der Waals surface area contributed by atoms with E-state index in [4.69, 9.17) is 28.9 Å². The van der Waals surface area contributed by atoms with Crippen molar-refractivity contribution in [1.29, 1.82) is 0 Å². The number of imidazole rings is 2. The second-order valence-electron chi connectivity index (χ2n) is 7.20. The standard InChI is InChI=1S/C24H22N4O4/c1-29-19-9-15-16(10-20(19)30-2)26-23(25-15)13-5-7-14(8-6-13)24-27-17-11-21(31-3)22(32-4)12-18(17)28-24/h5-12H,1-4H3,(H,25,26)(H,27,28). The molecule has 0 fully saturated rings. The SMILES string of the molecule is COc1cc2nc(-c3ccc(-c4nc5cc(OC)c(OC)cc5[nH]4)cc3)[nH]c2cc1OC. The maximum Gasteiger partial charge on any atom is 0.163 e. The van der Waals surface area contributed by atoms with Gasteiger partial charge in [0.05, 0.1) is 50.5 Å². The van der Waals surface area contributed by atoms with Crippen molar-refractivity contribution in [3.8, 4) is 45.8 Å². The third-order valence-corrected chi connectivity index (χ3v) is 5.41. The van der Waals surface area contributed by atoms with Crippen LogP contribution in [0, 0.1) is 0 Å². The van der Waals surface area contributed by atoms with Crippen LogP contribution in [0.15, 0.2) is 48.5 Å². The van der Waals surface area contributed by atoms with Crippen LogP contribution in [0.4, 0.5) is 0 Å². The molecule has 0 aliphatic heterocycles. The zero-order valence-corrected chi connectivity index (χ0v) is 18.1. The smallest absolute Gasteiger partial charge is 0.163 e. The van der Waals surface area contributed by atoms with Crippen molar-refractivity contribution < 1.29 is 18.9 Å². The summed E-state index contributed by atoms with van der Waals surface area (Å²) in [6.07, 6.45) is 0. The Labute approximate surface area is 184 Å². The quantitative estimate of drug-likeness (QED) is 0.402. The molecule has 0 amide bonds. The average molecular weight is 430 g/mol. The molecule has 0 saturated carbocycles. The van der Waals surface area contributed by atoms with Crippen LogP contribution < -0.4 is 18.9 Å². The van der Waals surface area contributed by atoms with Crippen LogP contribution >= 0.6 is 0 Å². The molecule has 0 atom stereocenters. The van der Waals surface area contributed by atoms with Gasteiger partial charge in [-0.2, -0.15) is 0 Å². The van der Waals surface area contributed by atoms with Crippen molar-refractivity contribution in [3.05, 3.63) is 48.5 Å². The number of hydrogen-bond acceptors (Lipinski definition) is 6. The summed E-state index contributed by atoms with van der Waals surface area (Å²) < 4.78 is 21.5. The van der Waals surface area contributed by atoms with E-state index < -0.39 is 0 Å². The Bertz CT molecular complexity index is 1230. The first kappa shape index (κ1) is 19.7. The highest BCUT2D eigenvalue weighted by atomic mass is 16.5. The Morgan fingerprint density at radius 1 is 0.531 bits per heavy atom. The van der Waals surface area contributed by atoms with Gasteiger partial charge < -0.3 is 28.9 Å². The zero-order chi connectivity index (χ0) is 22.2. The second kappa shape index (κ2) is 7.81. The highest BCUT2D eigenvalue weighted by Gasteiger charge is 2.13. The molecule has 0 unspecified atom stereocenters. The number of ether oxygens (including phenoxy) is 4. The molecular formula is C24H22N4O4. The van der Waals surface area contributed by atoms with E-state index in [0.717, 1.165) is 44.8 Å². The van der Waals surface area contributed by atoms with Crippen molar-refractivity contribution >= 4 is 22.1 Å². The number of methoxy groups -OCH3 is 4. The number of aromatic amines is 2. The summed E-state index contributed by atoms with van der Waals surface area (Å²) in [5.41, 5.74) is 5.29. The fraction of sp³-hybridized carbons (Fsp3) is 0.167. The average Bonchev–Trinajstić information content (AvgIpc) is 3.45. The highest BCUT2D eigenvalue weighted by Crippen LogP contribution is 2.34. The summed E-state index contributed by atoms with van der Waals surface area (Å²) in [5, 5.41) is 0. The Morgan fingerprint density at radius 3 is 1.22 bits per heavy atom. The van der Waals surface area contributed by atoms with Gasteiger partial charge in [-0.3, -0.25) is 0 Å². The van der Waals surface area contributed by atoms with E-state index in [1.165, 1.54) is 0 Å². The number of benzene rings is 3. The summed E-state index contributed by atoms with van der Waals surface area (Å²) in [5.74, 6) is 4.13. The predicted octanol–water partition coefficient (Wildman–Crippen LogP) is 4.81. The van der Waals surface area contributed by atoms with E-state index in [0.29, 0.717) is 23.0 Å². The molecule has 8 nitrogen and oxygen atoms in total. The molecule has 0 aliphatic carbocycles. The van der Waals surface area contributed by atoms with Crippen LogP contribution in [0.25, 0.3) is 44.8 Å². The molecule has 5 rings (SSSR count). The summed E-state index contributed by atoms with van der Waals surface area (Å²) in [4.78, 5) is 16.1. The molecule has 2 aromatic heterocycles. The lowest BCUT2D eigenvalue weighted by molar-refractivity contribution is 0.356. The van der Waals surface area contributed by atoms with E-state index in [-0.39, 0.29) is 0 Å². The molecule has 0 bridgehead atoms. The minimum absolute atomic E-state index is 0.645. The lowest BCUT2D eigenvalue weighted by Crippen LogP contribution is -1.89. The fourth-order valence-electron chi connectivity index (χ4n) is 3.73. The van der Waals surface area contributed by atoms with Crippen molar-refractivity contribution in [2.24, 2.45) is 0 Å². The van der Waals surface area contributed by atoms with Gasteiger partial charge in [-0.1, -0.05) is 24.3 Å². The first-order valence-corrected chi connectivity index (χ1v) is 9.97. The number of nitrogens with zero attached hydrogens (tertiary/aromatic N) is 2. The molecule has 0 saturated heterocycles. The lowest BCUT2D eigenvalue weighted by atomic mass is 10.1. The van der Waals surface area contributed by atoms with Gasteiger partial charge in [0, 0.05) is 35.4 Å². The molecule has 0 radical (unpaired) electrons. The normalized spacial score (nSPS) is 11.1. The zero-order valence-electron chi connectivity index (χ0n) is 18.1. The van der Waals surface area contributed by atoms with Gasteiger partial charge in [0.25, 0.3) is 0 Å². The first-order valence-electron chi connectivity index (χ1n) is 9.97. The molecule has 0 spiro atoms. The molecule has 5 aromatic rings. The van der Waals surface area contributed by atoms with Crippen molar-refractivity contribution in [2.45, 2.75) is 0 Å². The van der Waals surface area contributed by atoms with Gasteiger partial charge in [0.1, 0.15) is 11.6 Å². The number of rotatable bonds is 6. The van der Waals surface area contributed by atoms with Gasteiger partial charge in [0.15, 0.2) is 23.0 Å². The molecule has 0 aliphatic rings. The predicted molar refractivity (Wildman–Crippen MR) is 123 cm³/mol. The van der Waals surface area contributed by atoms with Gasteiger partial charge in [-0.25, -0.2) is 9.97 Å². The van der Waals surface area contributed by atoms with Gasteiger partial charge in [-0.05, 0) is 0 Å². The number of fused-ring (bicyclic) bond motifs is 2. The van der Waals surface area contributed by atoms with E-state index in [1.54, 1.807) is 28.4 Å². The molecule has 162 valence electrons. The maximum atomic E-state index is 5.38. The number of aromatic nitrogens is 4. The third kappa shape index (κ3) is 3.26. The van der Waals surface area contributed by atoms with Crippen LogP contribution in [0.1, 0.15) is 0 Å². The fourth-order valence-corrected chi connectivity index (χ4v) is 3.73. The molecular weight excluding hydrogens is 408 g/mol. The monoisotopic (exact) mass is 430 g/mol. The Morgan fingerprint density at radius 2 is 0.875 bits per heavy atom. The topological polar surface area (TPSA) is 94.3 Å². The lowest BCUT2D eigenvalue weighted by Gasteiger charge is -2.06. The van der Waals surface area contributed by atoms with E-state index in [1.807, 2.05) is 48.5 Å². The van der Waals surface area contributed by atoms with Crippen molar-refractivity contribution in [3.63, 3.8) is 0 Å². The third-order valence-electron chi connectivity index (χ3n) is 5.41. The summed E-state index contributed by atoms with van der Waals surface area (Å²) in [7, 11) is 6.45. The van der Waals surface area contributed by atoms with Crippen LogP contribution in [-0.2, 0) is 0 Å². The Hall–Kier alpha value is -4.20. The summed E-state index contributed by atoms with van der Waals surface area (Å²) in [6.45, 7) is 0. The molecule has 2 N–H and O–H groups in total. The second-order valence-corrected chi connectivity index (χ2v) is 7.20. The highest BCUT2D eigenvalue weighted by molar-refractivity contribution is 5.85. The van der Waals surface area contributed by atoms with Gasteiger partial charge in [0.2, 0.25) is 0 Å². The first-order chi connectivity index (χ1) is 15.6. The molecule has 3 aromatic carbocycles. The van der Waals surface area contributed by atoms with Crippen molar-refractivity contribution in [1.82, 2.24) is 19.9 Å². The Kier molecular flexibility index (Phi) is 4.82. The van der Waals surface area contributed by atoms with Crippen LogP contribution in [0.2, 0.25) is 0 Å². The van der Waals surface area contributed by atoms with Crippen LogP contribution in [0.5, 0.6) is 23.0 Å². The molecule has 2 heterocycles. The minimum atomic E-state index is 0.645. The van der Waals surface area contributed by atoms with E-state index in [2.05, 4.69) is 9.97 Å². The minimum Gasteiger partial charge on any atom is -0.493 e. The summed E-state index contributed by atoms with van der Waals surface area (Å²) in [6, 6.07) is 15.5. The van der Waals surface area contributed by atoms with E-state index >= 15 is 0 Å². The summed E-state index contributed by atoms with van der Waals surface area (Å²) >= 11 is 0. The molecule has 32 heavy (non-hydrogen) atoms. The number of H-pyrrole nitrogens is 2. The van der Waals surface area contributed by atoms with E-state index in [9.17, 15) is 0 Å². The Balaban J connectivity index is 1.49. The van der Waals surface area contributed by atoms with Crippen molar-refractivity contribution in [2.75, 3.05) is 28.4 Å². The molecule has 8 heteroatoms. The number of nitrogens with one attached hydrogen (secondary N) is 2. The van der Waals surface area contributed by atoms with Crippen LogP contribution in [0.3, 0.4) is 0 Å². The van der Waals surface area contributed by atoms with Gasteiger partial charge >= 0.3 is 0 Å².